The van der Waals surface area contributed by atoms with Gasteiger partial charge in [0.2, 0.25) is 11.5 Å². The number of carbonyl (C=O) groups excluding carboxylic acids is 3. The van der Waals surface area contributed by atoms with Crippen molar-refractivity contribution in [3.63, 3.8) is 0 Å². The van der Waals surface area contributed by atoms with Crippen molar-refractivity contribution in [2.75, 3.05) is 23.9 Å². The summed E-state index contributed by atoms with van der Waals surface area (Å²) in [5, 5.41) is 16.3. The molecule has 18 heteroatoms. The third-order valence-corrected chi connectivity index (χ3v) is 8.08. The first-order valence-electron chi connectivity index (χ1n) is 9.48. The summed E-state index contributed by atoms with van der Waals surface area (Å²) in [5.74, 6) is -4.41. The van der Waals surface area contributed by atoms with E-state index in [0.717, 1.165) is 23.8 Å². The van der Waals surface area contributed by atoms with Crippen molar-refractivity contribution in [2.45, 2.75) is 16.6 Å². The lowest BCUT2D eigenvalue weighted by Crippen LogP contribution is -2.74. The lowest BCUT2D eigenvalue weighted by atomic mass is 10.0. The Morgan fingerprint density at radius 3 is 2.66 bits per heavy atom. The lowest BCUT2D eigenvalue weighted by molar-refractivity contribution is -0.150. The van der Waals surface area contributed by atoms with E-state index in [1.54, 1.807) is 0 Å². The molecule has 3 atom stereocenters. The molecule has 0 bridgehead atoms. The number of nitrogens with one attached hydrogen (secondary N) is 2. The zero-order chi connectivity index (χ0) is 26.0. The number of nitrogens with zero attached hydrogens (tertiary/aromatic N) is 4. The Morgan fingerprint density at radius 2 is 2.06 bits per heavy atom. The highest BCUT2D eigenvalue weighted by atomic mass is 79.9. The van der Waals surface area contributed by atoms with E-state index in [-0.39, 0.29) is 27.6 Å². The summed E-state index contributed by atoms with van der Waals surface area (Å²) in [4.78, 5) is 80.9. The molecule has 0 saturated carbocycles. The van der Waals surface area contributed by atoms with E-state index in [1.165, 1.54) is 11.7 Å². The molecule has 0 aromatic carbocycles. The summed E-state index contributed by atoms with van der Waals surface area (Å²) in [6.45, 7) is 0. The number of aliphatic carboxylic acids is 1. The minimum Gasteiger partial charge on any atom is -0.477 e. The van der Waals surface area contributed by atoms with E-state index >= 15 is 0 Å². The molecule has 0 spiro atoms. The molecule has 1 aromatic heterocycles. The van der Waals surface area contributed by atoms with E-state index in [9.17, 15) is 38.1 Å². The van der Waals surface area contributed by atoms with Crippen LogP contribution in [0.3, 0.4) is 0 Å². The summed E-state index contributed by atoms with van der Waals surface area (Å²) in [7, 11) is 0.719. The van der Waals surface area contributed by atoms with Crippen LogP contribution in [0.2, 0.25) is 0 Å². The van der Waals surface area contributed by atoms with Crippen molar-refractivity contribution in [1.29, 1.82) is 0 Å². The largest absolute Gasteiger partial charge is 0.477 e. The fourth-order valence-electron chi connectivity index (χ4n) is 3.29. The van der Waals surface area contributed by atoms with Crippen molar-refractivity contribution in [2.24, 2.45) is 12.2 Å². The van der Waals surface area contributed by atoms with Gasteiger partial charge in [-0.05, 0) is 5.57 Å². The van der Waals surface area contributed by atoms with Gasteiger partial charge in [-0.25, -0.2) is 4.79 Å². The van der Waals surface area contributed by atoms with Gasteiger partial charge in [-0.3, -0.25) is 42.9 Å². The number of Topliss-reactive ketones (excluding diaryl/α,β-unsaturated/α-hetero) is 1. The number of fused-ring (bicyclic) bond motifs is 1. The number of aromatic amines is 1. The maximum absolute atomic E-state index is 12.9. The Kier molecular flexibility index (Phi) is 8.06. The van der Waals surface area contributed by atoms with E-state index in [2.05, 4.69) is 41.3 Å². The van der Waals surface area contributed by atoms with Crippen LogP contribution in [-0.2, 0) is 41.9 Å². The van der Waals surface area contributed by atoms with Crippen LogP contribution in [0.4, 0.5) is 0 Å². The number of β-lactam (4-membered cyclic amide) rings is 1. The molecular weight excluding hydrogens is 576 g/mol. The highest BCUT2D eigenvalue weighted by molar-refractivity contribution is 9.09. The van der Waals surface area contributed by atoms with Crippen LogP contribution in [0.25, 0.3) is 0 Å². The number of amides is 2. The molecule has 35 heavy (non-hydrogen) atoms. The third-order valence-electron chi connectivity index (χ3n) is 4.80. The van der Waals surface area contributed by atoms with Crippen LogP contribution in [-0.4, -0.2) is 93.6 Å². The van der Waals surface area contributed by atoms with Crippen molar-refractivity contribution in [3.8, 4) is 0 Å². The van der Waals surface area contributed by atoms with Gasteiger partial charge in [-0.1, -0.05) is 32.8 Å². The minimum atomic E-state index is -1.82. The first-order valence-corrected chi connectivity index (χ1v) is 13.0. The number of aryl methyl sites for hydroxylation is 1. The number of rotatable bonds is 9. The summed E-state index contributed by atoms with van der Waals surface area (Å²) >= 11 is 3.80. The second-order valence-corrected chi connectivity index (χ2v) is 10.0. The molecule has 1 saturated heterocycles. The van der Waals surface area contributed by atoms with E-state index < -0.39 is 68.3 Å². The second-order valence-electron chi connectivity index (χ2n) is 7.00. The zero-order valence-electron chi connectivity index (χ0n) is 18.0. The number of H-pyrrole nitrogens is 1. The smallest absolute Gasteiger partial charge is 0.352 e. The van der Waals surface area contributed by atoms with Gasteiger partial charge in [0.1, 0.15) is 24.2 Å². The molecular formula is C17H17BrN6O9S2. The number of hydrogen-bond donors (Lipinski definition) is 3. The Hall–Kier alpha value is -3.12. The molecule has 15 nitrogen and oxygen atoms in total. The first kappa shape index (κ1) is 26.5. The van der Waals surface area contributed by atoms with Crippen LogP contribution in [0.15, 0.2) is 31.2 Å². The van der Waals surface area contributed by atoms with Crippen molar-refractivity contribution in [3.05, 3.63) is 32.0 Å². The van der Waals surface area contributed by atoms with E-state index in [4.69, 9.17) is 0 Å². The molecule has 1 fully saturated rings. The van der Waals surface area contributed by atoms with Gasteiger partial charge in [0.05, 0.1) is 21.9 Å². The van der Waals surface area contributed by atoms with Crippen LogP contribution in [0, 0.1) is 0 Å². The standard InChI is InChI=1S/C17H17BrN6O9S2/c1-23-17(20-12(27)13(28)21-23)34-4-6-5-35(32)15-9(14(29)24(15)10(6)16(30)31)19-11(26)8(22-33-2)7(25)3-18/h9,15H,3-5H2,1-2H3,(H,19,26)(H,21,28)(H,30,31)/b22-8-/t9-,15-,35?/m1/s1. The summed E-state index contributed by atoms with van der Waals surface area (Å²) < 4.78 is 14.1. The second kappa shape index (κ2) is 10.6. The Labute approximate surface area is 210 Å². The zero-order valence-corrected chi connectivity index (χ0v) is 21.2. The van der Waals surface area contributed by atoms with Crippen LogP contribution in [0.1, 0.15) is 0 Å². The molecule has 3 rings (SSSR count). The highest BCUT2D eigenvalue weighted by Crippen LogP contribution is 2.36. The molecule has 2 amide bonds. The third kappa shape index (κ3) is 5.13. The van der Waals surface area contributed by atoms with E-state index in [1.807, 2.05) is 0 Å². The average Bonchev–Trinajstić information content (AvgIpc) is 2.81. The van der Waals surface area contributed by atoms with Crippen molar-refractivity contribution < 1.29 is 33.3 Å². The fraction of sp³-hybridized carbons (Fsp3) is 0.412. The monoisotopic (exact) mass is 592 g/mol. The normalized spacial score (nSPS) is 21.8. The number of carboxylic acid groups (broad SMARTS) is 1. The maximum atomic E-state index is 12.9. The fourth-order valence-corrected chi connectivity index (χ4v) is 6.30. The molecule has 188 valence electrons. The predicted octanol–water partition coefficient (Wildman–Crippen LogP) is -2.72. The summed E-state index contributed by atoms with van der Waals surface area (Å²) in [5.41, 5.74) is -2.86. The molecule has 3 heterocycles. The Balaban J connectivity index is 1.85. The molecule has 3 N–H and O–H groups in total. The molecule has 2 aliphatic heterocycles. The number of carbonyl (C=O) groups is 4. The maximum Gasteiger partial charge on any atom is 0.352 e. The van der Waals surface area contributed by atoms with Gasteiger partial charge in [0.15, 0.2) is 5.16 Å². The van der Waals surface area contributed by atoms with Gasteiger partial charge in [-0.15, -0.1) is 0 Å². The van der Waals surface area contributed by atoms with E-state index in [0.29, 0.717) is 0 Å². The van der Waals surface area contributed by atoms with Gasteiger partial charge < -0.3 is 15.3 Å². The number of halogens is 1. The molecule has 1 aromatic rings. The summed E-state index contributed by atoms with van der Waals surface area (Å²) in [6, 6.07) is -1.35. The van der Waals surface area contributed by atoms with Gasteiger partial charge in [0, 0.05) is 12.8 Å². The minimum absolute atomic E-state index is 0.0706. The lowest BCUT2D eigenvalue weighted by Gasteiger charge is -2.49. The quantitative estimate of drug-likeness (QED) is 0.0509. The molecule has 0 aliphatic carbocycles. The highest BCUT2D eigenvalue weighted by Gasteiger charge is 2.57. The molecule has 0 radical (unpaired) electrons. The molecule has 1 unspecified atom stereocenters. The number of thioether (sulfide) groups is 1. The van der Waals surface area contributed by atoms with Crippen LogP contribution < -0.4 is 16.4 Å². The van der Waals surface area contributed by atoms with Crippen molar-refractivity contribution >= 4 is 67.8 Å². The number of aromatic nitrogens is 3. The van der Waals surface area contributed by atoms with Gasteiger partial charge in [-0.2, -0.15) is 4.98 Å². The Bertz CT molecular complexity index is 1320. The number of ketones is 1. The number of oxime groups is 1. The van der Waals surface area contributed by atoms with Gasteiger partial charge >= 0.3 is 17.1 Å². The van der Waals surface area contributed by atoms with Crippen molar-refractivity contribution in [1.82, 2.24) is 25.0 Å². The van der Waals surface area contributed by atoms with Crippen LogP contribution >= 0.6 is 27.7 Å². The number of alkyl halides is 1. The van der Waals surface area contributed by atoms with Gasteiger partial charge in [0.25, 0.3) is 11.8 Å². The molecule has 2 aliphatic rings. The SMILES string of the molecule is CO/N=C(/C(=O)CBr)C(=O)N[C@@H]1C(=O)N2C(C(=O)O)=C(CSc3nc(=O)c(=O)[nH]n3C)CS(=O)[C@H]12. The topological polar surface area (TPSA) is 210 Å². The first-order chi connectivity index (χ1) is 16.5. The summed E-state index contributed by atoms with van der Waals surface area (Å²) in [6.07, 6.45) is 0. The van der Waals surface area contributed by atoms with Crippen LogP contribution in [0.5, 0.6) is 0 Å². The Morgan fingerprint density at radius 1 is 1.37 bits per heavy atom. The average molecular weight is 593 g/mol. The predicted molar refractivity (Wildman–Crippen MR) is 124 cm³/mol. The number of carboxylic acids is 1. The number of hydrogen-bond acceptors (Lipinski definition) is 11.